The second-order valence-electron chi connectivity index (χ2n) is 8.16. The Balaban J connectivity index is 1.88. The van der Waals surface area contributed by atoms with Crippen LogP contribution in [0.25, 0.3) is 22.2 Å². The molecule has 3 aromatic rings. The van der Waals surface area contributed by atoms with Gasteiger partial charge in [0.2, 0.25) is 0 Å². The summed E-state index contributed by atoms with van der Waals surface area (Å²) in [5.74, 6) is 1.10. The van der Waals surface area contributed by atoms with Gasteiger partial charge in [-0.3, -0.25) is 4.79 Å². The monoisotopic (exact) mass is 392 g/mol. The van der Waals surface area contributed by atoms with Gasteiger partial charge < -0.3 is 4.90 Å². The summed E-state index contributed by atoms with van der Waals surface area (Å²) in [6.07, 6.45) is 1.17. The molecule has 4 rings (SSSR count). The van der Waals surface area contributed by atoms with Crippen molar-refractivity contribution in [3.63, 3.8) is 0 Å². The maximum absolute atomic E-state index is 13.5. The highest BCUT2D eigenvalue weighted by atomic mass is 35.5. The highest BCUT2D eigenvalue weighted by Gasteiger charge is 2.28. The smallest absolute Gasteiger partial charge is 0.254 e. The van der Waals surface area contributed by atoms with Crippen molar-refractivity contribution in [1.82, 2.24) is 9.88 Å². The summed E-state index contributed by atoms with van der Waals surface area (Å²) in [6, 6.07) is 15.7. The fraction of sp³-hybridized carbons (Fsp3) is 0.333. The third-order valence-electron chi connectivity index (χ3n) is 5.60. The largest absolute Gasteiger partial charge is 0.338 e. The zero-order valence-corrected chi connectivity index (χ0v) is 17.3. The van der Waals surface area contributed by atoms with Crippen LogP contribution in [0.15, 0.2) is 48.5 Å². The quantitative estimate of drug-likeness (QED) is 0.537. The number of para-hydroxylation sites is 1. The Morgan fingerprint density at radius 3 is 2.50 bits per heavy atom. The molecule has 144 valence electrons. The Morgan fingerprint density at radius 1 is 1.07 bits per heavy atom. The molecule has 1 aromatic heterocycles. The fourth-order valence-electron chi connectivity index (χ4n) is 4.39. The highest BCUT2D eigenvalue weighted by molar-refractivity contribution is 6.35. The van der Waals surface area contributed by atoms with Crippen molar-refractivity contribution in [2.75, 3.05) is 13.1 Å². The van der Waals surface area contributed by atoms with E-state index in [-0.39, 0.29) is 5.91 Å². The Bertz CT molecular complexity index is 1040. The van der Waals surface area contributed by atoms with Crippen molar-refractivity contribution in [1.29, 1.82) is 0 Å². The summed E-state index contributed by atoms with van der Waals surface area (Å²) in [6.45, 7) is 8.09. The second kappa shape index (κ2) is 7.56. The van der Waals surface area contributed by atoms with Gasteiger partial charge >= 0.3 is 0 Å². The molecule has 0 bridgehead atoms. The number of halogens is 1. The van der Waals surface area contributed by atoms with E-state index in [9.17, 15) is 4.79 Å². The number of amides is 1. The standard InChI is InChI=1S/C24H25ClN2O/c1-15-11-16(2)14-27(13-15)24(28)20-12-22(18-8-5-4-7-17(18)3)26-23-19(20)9-6-10-21(23)25/h4-10,12,15-16H,11,13-14H2,1-3H3/t15-,16-/m1/s1. The molecule has 28 heavy (non-hydrogen) atoms. The molecular weight excluding hydrogens is 368 g/mol. The maximum Gasteiger partial charge on any atom is 0.254 e. The first-order valence-electron chi connectivity index (χ1n) is 9.88. The number of carbonyl (C=O) groups is 1. The van der Waals surface area contributed by atoms with E-state index in [0.717, 1.165) is 35.3 Å². The first-order valence-corrected chi connectivity index (χ1v) is 10.3. The number of hydrogen-bond acceptors (Lipinski definition) is 2. The van der Waals surface area contributed by atoms with E-state index in [1.165, 1.54) is 6.42 Å². The predicted octanol–water partition coefficient (Wildman–Crippen LogP) is 5.98. The van der Waals surface area contributed by atoms with Crippen LogP contribution >= 0.6 is 11.6 Å². The molecule has 1 aliphatic rings. The van der Waals surface area contributed by atoms with Gasteiger partial charge in [0, 0.05) is 24.0 Å². The molecule has 2 atom stereocenters. The molecule has 0 unspecified atom stereocenters. The van der Waals surface area contributed by atoms with Gasteiger partial charge in [-0.1, -0.05) is 61.8 Å². The first kappa shape index (κ1) is 18.9. The lowest BCUT2D eigenvalue weighted by Crippen LogP contribution is -2.42. The molecule has 4 heteroatoms. The zero-order chi connectivity index (χ0) is 19.8. The molecule has 0 N–H and O–H groups in total. The number of carbonyl (C=O) groups excluding carboxylic acids is 1. The molecule has 0 radical (unpaired) electrons. The molecule has 3 nitrogen and oxygen atoms in total. The van der Waals surface area contributed by atoms with Crippen LogP contribution in [-0.4, -0.2) is 28.9 Å². The third kappa shape index (κ3) is 3.51. The lowest BCUT2D eigenvalue weighted by Gasteiger charge is -2.35. The van der Waals surface area contributed by atoms with Crippen LogP contribution in [-0.2, 0) is 0 Å². The van der Waals surface area contributed by atoms with E-state index in [4.69, 9.17) is 16.6 Å². The van der Waals surface area contributed by atoms with Crippen LogP contribution in [0, 0.1) is 18.8 Å². The van der Waals surface area contributed by atoms with E-state index in [0.29, 0.717) is 27.9 Å². The Kier molecular flexibility index (Phi) is 5.11. The zero-order valence-electron chi connectivity index (χ0n) is 16.6. The molecule has 0 spiro atoms. The van der Waals surface area contributed by atoms with Crippen LogP contribution < -0.4 is 0 Å². The first-order chi connectivity index (χ1) is 13.4. The number of nitrogens with zero attached hydrogens (tertiary/aromatic N) is 2. The molecule has 2 heterocycles. The van der Waals surface area contributed by atoms with Crippen LogP contribution in [0.3, 0.4) is 0 Å². The third-order valence-corrected chi connectivity index (χ3v) is 5.90. The van der Waals surface area contributed by atoms with Crippen molar-refractivity contribution in [3.8, 4) is 11.3 Å². The topological polar surface area (TPSA) is 33.2 Å². The van der Waals surface area contributed by atoms with Crippen molar-refractivity contribution in [2.45, 2.75) is 27.2 Å². The summed E-state index contributed by atoms with van der Waals surface area (Å²) in [7, 11) is 0. The van der Waals surface area contributed by atoms with E-state index in [2.05, 4.69) is 26.8 Å². The van der Waals surface area contributed by atoms with Crippen LogP contribution in [0.2, 0.25) is 5.02 Å². The Morgan fingerprint density at radius 2 is 1.79 bits per heavy atom. The van der Waals surface area contributed by atoms with Gasteiger partial charge in [-0.25, -0.2) is 4.98 Å². The van der Waals surface area contributed by atoms with E-state index < -0.39 is 0 Å². The number of aryl methyl sites for hydroxylation is 1. The number of pyridine rings is 1. The predicted molar refractivity (Wildman–Crippen MR) is 116 cm³/mol. The summed E-state index contributed by atoms with van der Waals surface area (Å²) < 4.78 is 0. The minimum atomic E-state index is 0.0721. The van der Waals surface area contributed by atoms with E-state index in [1.54, 1.807) is 0 Å². The van der Waals surface area contributed by atoms with Crippen molar-refractivity contribution >= 4 is 28.4 Å². The van der Waals surface area contributed by atoms with E-state index in [1.807, 2.05) is 47.4 Å². The van der Waals surface area contributed by atoms with Gasteiger partial charge in [0.1, 0.15) is 0 Å². The molecule has 1 fully saturated rings. The van der Waals surface area contributed by atoms with Crippen LogP contribution in [0.4, 0.5) is 0 Å². The second-order valence-corrected chi connectivity index (χ2v) is 8.57. The van der Waals surface area contributed by atoms with Crippen molar-refractivity contribution < 1.29 is 4.79 Å². The molecule has 0 aliphatic carbocycles. The molecule has 1 saturated heterocycles. The number of hydrogen-bond donors (Lipinski definition) is 0. The van der Waals surface area contributed by atoms with Gasteiger partial charge in [-0.2, -0.15) is 0 Å². The van der Waals surface area contributed by atoms with Crippen LogP contribution in [0.1, 0.15) is 36.2 Å². The Hall–Kier alpha value is -2.39. The minimum Gasteiger partial charge on any atom is -0.338 e. The van der Waals surface area contributed by atoms with E-state index >= 15 is 0 Å². The lowest BCUT2D eigenvalue weighted by molar-refractivity contribution is 0.0625. The summed E-state index contributed by atoms with van der Waals surface area (Å²) in [5, 5.41) is 1.39. The van der Waals surface area contributed by atoms with Crippen molar-refractivity contribution in [2.24, 2.45) is 11.8 Å². The van der Waals surface area contributed by atoms with Gasteiger partial charge in [0.25, 0.3) is 5.91 Å². The molecule has 1 amide bonds. The number of likely N-dealkylation sites (tertiary alicyclic amines) is 1. The van der Waals surface area contributed by atoms with Crippen molar-refractivity contribution in [3.05, 3.63) is 64.7 Å². The fourth-order valence-corrected chi connectivity index (χ4v) is 4.60. The summed E-state index contributed by atoms with van der Waals surface area (Å²) >= 11 is 6.48. The molecular formula is C24H25ClN2O. The lowest BCUT2D eigenvalue weighted by atomic mass is 9.91. The van der Waals surface area contributed by atoms with Crippen LogP contribution in [0.5, 0.6) is 0 Å². The number of aromatic nitrogens is 1. The van der Waals surface area contributed by atoms with Gasteiger partial charge in [-0.15, -0.1) is 0 Å². The number of rotatable bonds is 2. The summed E-state index contributed by atoms with van der Waals surface area (Å²) in [4.78, 5) is 20.4. The number of piperidine rings is 1. The normalized spacial score (nSPS) is 19.8. The number of benzene rings is 2. The molecule has 2 aromatic carbocycles. The van der Waals surface area contributed by atoms with Gasteiger partial charge in [0.15, 0.2) is 0 Å². The maximum atomic E-state index is 13.5. The minimum absolute atomic E-state index is 0.0721. The average molecular weight is 393 g/mol. The average Bonchev–Trinajstić information content (AvgIpc) is 2.67. The SMILES string of the molecule is Cc1ccccc1-c1cc(C(=O)N2C[C@H](C)C[C@@H](C)C2)c2cccc(Cl)c2n1. The molecule has 1 aliphatic heterocycles. The summed E-state index contributed by atoms with van der Waals surface area (Å²) in [5.41, 5.74) is 4.32. The Labute approximate surface area is 171 Å². The highest BCUT2D eigenvalue weighted by Crippen LogP contribution is 2.32. The van der Waals surface area contributed by atoms with Gasteiger partial charge in [-0.05, 0) is 42.9 Å². The molecule has 0 saturated carbocycles. The van der Waals surface area contributed by atoms with Gasteiger partial charge in [0.05, 0.1) is 21.8 Å². The number of fused-ring (bicyclic) bond motifs is 1.